The van der Waals surface area contributed by atoms with Gasteiger partial charge >= 0.3 is 0 Å². The van der Waals surface area contributed by atoms with Crippen LogP contribution in [0.5, 0.6) is 0 Å². The fourth-order valence-corrected chi connectivity index (χ4v) is 4.76. The van der Waals surface area contributed by atoms with Gasteiger partial charge < -0.3 is 5.32 Å². The molecule has 0 spiro atoms. The van der Waals surface area contributed by atoms with Crippen molar-refractivity contribution in [3.63, 3.8) is 0 Å². The van der Waals surface area contributed by atoms with E-state index in [2.05, 4.69) is 59.8 Å². The van der Waals surface area contributed by atoms with E-state index in [-0.39, 0.29) is 18.0 Å². The van der Waals surface area contributed by atoms with Crippen molar-refractivity contribution in [1.82, 2.24) is 34.7 Å². The summed E-state index contributed by atoms with van der Waals surface area (Å²) in [5, 5.41) is 17.2. The molecule has 5 aromatic rings. The molecule has 4 aromatic heterocycles. The number of aromatic nitrogens is 6. The maximum absolute atomic E-state index is 13.8. The molecule has 0 radical (unpaired) electrons. The average Bonchev–Trinajstić information content (AvgIpc) is 3.51. The standard InChI is InChI=1S/C27H29N7OS/c1-17(2)34-25-21(16-28-34)20(15-23(29-25)19-10-8-18(3)9-11-19)27(35)30-22(12-14-36-4)26-32-31-24-7-5-6-13-33(24)26/h5-11,13,15-17,22H,12,14H2,1-4H3,(H,30,35). The number of thioether (sulfide) groups is 1. The minimum Gasteiger partial charge on any atom is -0.342 e. The molecule has 1 amide bonds. The summed E-state index contributed by atoms with van der Waals surface area (Å²) in [5.74, 6) is 1.41. The summed E-state index contributed by atoms with van der Waals surface area (Å²) in [4.78, 5) is 18.7. The molecule has 0 aliphatic carbocycles. The first-order valence-electron chi connectivity index (χ1n) is 12.0. The van der Waals surface area contributed by atoms with E-state index in [1.807, 2.05) is 51.7 Å². The smallest absolute Gasteiger partial charge is 0.252 e. The zero-order valence-corrected chi connectivity index (χ0v) is 21.7. The highest BCUT2D eigenvalue weighted by Crippen LogP contribution is 2.28. The van der Waals surface area contributed by atoms with Gasteiger partial charge in [0.05, 0.1) is 28.9 Å². The van der Waals surface area contributed by atoms with E-state index in [1.54, 1.807) is 18.0 Å². The van der Waals surface area contributed by atoms with Crippen molar-refractivity contribution in [1.29, 1.82) is 0 Å². The zero-order chi connectivity index (χ0) is 25.2. The first kappa shape index (κ1) is 24.0. The second kappa shape index (κ2) is 10.1. The van der Waals surface area contributed by atoms with Gasteiger partial charge in [-0.15, -0.1) is 10.2 Å². The van der Waals surface area contributed by atoms with Gasteiger partial charge in [-0.2, -0.15) is 16.9 Å². The molecule has 0 fully saturated rings. The van der Waals surface area contributed by atoms with E-state index in [9.17, 15) is 4.79 Å². The monoisotopic (exact) mass is 499 g/mol. The van der Waals surface area contributed by atoms with Crippen molar-refractivity contribution in [2.24, 2.45) is 0 Å². The predicted octanol–water partition coefficient (Wildman–Crippen LogP) is 5.25. The van der Waals surface area contributed by atoms with Gasteiger partial charge in [0.2, 0.25) is 0 Å². The molecule has 1 N–H and O–H groups in total. The van der Waals surface area contributed by atoms with Crippen LogP contribution in [0.15, 0.2) is 60.9 Å². The van der Waals surface area contributed by atoms with Crippen molar-refractivity contribution in [3.8, 4) is 11.3 Å². The molecule has 0 aliphatic heterocycles. The fourth-order valence-electron chi connectivity index (χ4n) is 4.29. The maximum Gasteiger partial charge on any atom is 0.252 e. The Kier molecular flexibility index (Phi) is 6.73. The van der Waals surface area contributed by atoms with Gasteiger partial charge in [-0.05, 0) is 57.4 Å². The van der Waals surface area contributed by atoms with E-state index >= 15 is 0 Å². The number of carbonyl (C=O) groups is 1. The third-order valence-electron chi connectivity index (χ3n) is 6.22. The molecule has 1 unspecified atom stereocenters. The molecule has 1 atom stereocenters. The number of rotatable bonds is 8. The molecular weight excluding hydrogens is 470 g/mol. The number of hydrogen-bond donors (Lipinski definition) is 1. The van der Waals surface area contributed by atoms with Gasteiger partial charge in [0.1, 0.15) is 0 Å². The van der Waals surface area contributed by atoms with E-state index in [1.165, 1.54) is 5.56 Å². The Morgan fingerprint density at radius 2 is 1.92 bits per heavy atom. The molecular formula is C27H29N7OS. The van der Waals surface area contributed by atoms with Crippen molar-refractivity contribution < 1.29 is 4.79 Å². The minimum atomic E-state index is -0.298. The van der Waals surface area contributed by atoms with Crippen LogP contribution in [0.3, 0.4) is 0 Å². The number of benzene rings is 1. The largest absolute Gasteiger partial charge is 0.342 e. The van der Waals surface area contributed by atoms with E-state index in [0.717, 1.165) is 40.3 Å². The Hall–Kier alpha value is -3.72. The molecule has 0 saturated heterocycles. The average molecular weight is 500 g/mol. The lowest BCUT2D eigenvalue weighted by Gasteiger charge is -2.18. The molecule has 184 valence electrons. The zero-order valence-electron chi connectivity index (χ0n) is 20.8. The van der Waals surface area contributed by atoms with E-state index in [0.29, 0.717) is 11.2 Å². The van der Waals surface area contributed by atoms with Crippen molar-refractivity contribution in [3.05, 3.63) is 77.9 Å². The highest BCUT2D eigenvalue weighted by molar-refractivity contribution is 7.98. The van der Waals surface area contributed by atoms with Crippen LogP contribution in [-0.4, -0.2) is 47.3 Å². The Bertz CT molecular complexity index is 1520. The first-order chi connectivity index (χ1) is 17.5. The van der Waals surface area contributed by atoms with Gasteiger partial charge in [0.25, 0.3) is 5.91 Å². The highest BCUT2D eigenvalue weighted by Gasteiger charge is 2.24. The molecule has 0 bridgehead atoms. The topological polar surface area (TPSA) is 90.0 Å². The fraction of sp³-hybridized carbons (Fsp3) is 0.296. The van der Waals surface area contributed by atoms with Gasteiger partial charge in [0, 0.05) is 17.8 Å². The number of nitrogens with one attached hydrogen (secondary N) is 1. The molecule has 5 rings (SSSR count). The summed E-state index contributed by atoms with van der Waals surface area (Å²) in [6.45, 7) is 6.17. The van der Waals surface area contributed by atoms with Crippen LogP contribution in [-0.2, 0) is 0 Å². The van der Waals surface area contributed by atoms with Gasteiger partial charge in [-0.25, -0.2) is 9.67 Å². The second-order valence-electron chi connectivity index (χ2n) is 9.14. The predicted molar refractivity (Wildman–Crippen MR) is 144 cm³/mol. The summed E-state index contributed by atoms with van der Waals surface area (Å²) in [6, 6.07) is 15.6. The number of pyridine rings is 2. The highest BCUT2D eigenvalue weighted by atomic mass is 32.2. The number of fused-ring (bicyclic) bond motifs is 2. The molecule has 1 aromatic carbocycles. The van der Waals surface area contributed by atoms with E-state index in [4.69, 9.17) is 4.98 Å². The molecule has 0 aliphatic rings. The Morgan fingerprint density at radius 1 is 1.11 bits per heavy atom. The first-order valence-corrected chi connectivity index (χ1v) is 13.4. The minimum absolute atomic E-state index is 0.107. The molecule has 4 heterocycles. The summed E-state index contributed by atoms with van der Waals surface area (Å²) in [6.07, 6.45) is 6.45. The van der Waals surface area contributed by atoms with Crippen LogP contribution in [0.4, 0.5) is 0 Å². The SMILES string of the molecule is CSCCC(NC(=O)c1cc(-c2ccc(C)cc2)nc2c1cnn2C(C)C)c1nnc2ccccn12. The third kappa shape index (κ3) is 4.58. The van der Waals surface area contributed by atoms with Crippen molar-refractivity contribution in [2.75, 3.05) is 12.0 Å². The normalized spacial score (nSPS) is 12.5. The quantitative estimate of drug-likeness (QED) is 0.313. The Balaban J connectivity index is 1.58. The van der Waals surface area contributed by atoms with E-state index < -0.39 is 0 Å². The lowest BCUT2D eigenvalue weighted by atomic mass is 10.0. The van der Waals surface area contributed by atoms with Crippen LogP contribution < -0.4 is 5.32 Å². The number of nitrogens with zero attached hydrogens (tertiary/aromatic N) is 6. The second-order valence-corrected chi connectivity index (χ2v) is 10.1. The summed E-state index contributed by atoms with van der Waals surface area (Å²) >= 11 is 1.73. The number of amides is 1. The lowest BCUT2D eigenvalue weighted by Crippen LogP contribution is -2.30. The lowest BCUT2D eigenvalue weighted by molar-refractivity contribution is 0.0935. The summed E-state index contributed by atoms with van der Waals surface area (Å²) < 4.78 is 3.79. The number of carbonyl (C=O) groups excluding carboxylic acids is 1. The number of hydrogen-bond acceptors (Lipinski definition) is 6. The maximum atomic E-state index is 13.8. The molecule has 8 nitrogen and oxygen atoms in total. The van der Waals surface area contributed by atoms with Crippen molar-refractivity contribution in [2.45, 2.75) is 39.3 Å². The van der Waals surface area contributed by atoms with Crippen LogP contribution in [0.2, 0.25) is 0 Å². The van der Waals surface area contributed by atoms with Crippen LogP contribution in [0.25, 0.3) is 27.9 Å². The van der Waals surface area contributed by atoms with Crippen LogP contribution >= 0.6 is 11.8 Å². The Labute approximate surface area is 214 Å². The number of aryl methyl sites for hydroxylation is 1. The van der Waals surface area contributed by atoms with Gasteiger partial charge in [0.15, 0.2) is 17.1 Å². The molecule has 36 heavy (non-hydrogen) atoms. The Morgan fingerprint density at radius 3 is 2.67 bits per heavy atom. The van der Waals surface area contributed by atoms with Gasteiger partial charge in [-0.3, -0.25) is 9.20 Å². The summed E-state index contributed by atoms with van der Waals surface area (Å²) in [7, 11) is 0. The van der Waals surface area contributed by atoms with Crippen LogP contribution in [0.1, 0.15) is 54.1 Å². The van der Waals surface area contributed by atoms with Crippen molar-refractivity contribution >= 4 is 34.3 Å². The van der Waals surface area contributed by atoms with Gasteiger partial charge in [-0.1, -0.05) is 35.9 Å². The molecule has 0 saturated carbocycles. The third-order valence-corrected chi connectivity index (χ3v) is 6.86. The summed E-state index contributed by atoms with van der Waals surface area (Å²) in [5.41, 5.74) is 4.86. The molecule has 9 heteroatoms. The van der Waals surface area contributed by atoms with Crippen LogP contribution in [0, 0.1) is 6.92 Å².